The molecule has 0 saturated carbocycles. The van der Waals surface area contributed by atoms with Crippen molar-refractivity contribution in [1.82, 2.24) is 0 Å². The van der Waals surface area contributed by atoms with Crippen LogP contribution >= 0.6 is 0 Å². The topological polar surface area (TPSA) is 26.3 Å². The SMILES string of the molecule is O=C1O/C(=C\c2cccc(F)c2)c2ccccc21. The van der Waals surface area contributed by atoms with Gasteiger partial charge in [-0.15, -0.1) is 0 Å². The molecule has 1 heterocycles. The quantitative estimate of drug-likeness (QED) is 0.713. The van der Waals surface area contributed by atoms with Gasteiger partial charge in [0.1, 0.15) is 11.6 Å². The average molecular weight is 240 g/mol. The maximum Gasteiger partial charge on any atom is 0.344 e. The third-order valence-corrected chi connectivity index (χ3v) is 2.76. The van der Waals surface area contributed by atoms with E-state index in [1.165, 1.54) is 12.1 Å². The molecule has 0 fully saturated rings. The van der Waals surface area contributed by atoms with Crippen LogP contribution in [0.1, 0.15) is 21.5 Å². The highest BCUT2D eigenvalue weighted by atomic mass is 19.1. The molecule has 0 amide bonds. The summed E-state index contributed by atoms with van der Waals surface area (Å²) < 4.78 is 18.3. The first-order valence-corrected chi connectivity index (χ1v) is 5.53. The Hall–Kier alpha value is -2.42. The second-order valence-electron chi connectivity index (χ2n) is 4.00. The van der Waals surface area contributed by atoms with E-state index < -0.39 is 0 Å². The van der Waals surface area contributed by atoms with Crippen molar-refractivity contribution in [2.75, 3.05) is 0 Å². The van der Waals surface area contributed by atoms with Crippen molar-refractivity contribution < 1.29 is 13.9 Å². The molecule has 2 aromatic carbocycles. The van der Waals surface area contributed by atoms with Crippen molar-refractivity contribution in [3.05, 3.63) is 71.0 Å². The number of ether oxygens (including phenoxy) is 1. The van der Waals surface area contributed by atoms with Gasteiger partial charge in [-0.05, 0) is 29.8 Å². The molecule has 1 aliphatic heterocycles. The summed E-state index contributed by atoms with van der Waals surface area (Å²) in [5, 5.41) is 0. The van der Waals surface area contributed by atoms with Gasteiger partial charge in [-0.25, -0.2) is 9.18 Å². The molecular formula is C15H9FO2. The molecule has 3 heteroatoms. The maximum atomic E-state index is 13.1. The van der Waals surface area contributed by atoms with Crippen LogP contribution in [0.4, 0.5) is 4.39 Å². The summed E-state index contributed by atoms with van der Waals surface area (Å²) in [5.74, 6) is -0.226. The summed E-state index contributed by atoms with van der Waals surface area (Å²) in [4.78, 5) is 11.6. The van der Waals surface area contributed by atoms with Crippen LogP contribution in [0.3, 0.4) is 0 Å². The largest absolute Gasteiger partial charge is 0.422 e. The first-order chi connectivity index (χ1) is 8.74. The minimum absolute atomic E-state index is 0.318. The Bertz CT molecular complexity index is 659. The van der Waals surface area contributed by atoms with E-state index in [1.54, 1.807) is 30.3 Å². The van der Waals surface area contributed by atoms with E-state index in [9.17, 15) is 9.18 Å². The monoisotopic (exact) mass is 240 g/mol. The minimum Gasteiger partial charge on any atom is -0.422 e. The number of carbonyl (C=O) groups excluding carboxylic acids is 1. The highest BCUT2D eigenvalue weighted by molar-refractivity contribution is 6.05. The van der Waals surface area contributed by atoms with Crippen LogP contribution < -0.4 is 0 Å². The lowest BCUT2D eigenvalue weighted by Gasteiger charge is -1.99. The fraction of sp³-hybridized carbons (Fsp3) is 0. The smallest absolute Gasteiger partial charge is 0.344 e. The maximum absolute atomic E-state index is 13.1. The molecule has 1 aliphatic rings. The minimum atomic E-state index is -0.367. The number of rotatable bonds is 1. The van der Waals surface area contributed by atoms with Crippen LogP contribution in [-0.4, -0.2) is 5.97 Å². The molecule has 2 aromatic rings. The summed E-state index contributed by atoms with van der Waals surface area (Å²) in [7, 11) is 0. The lowest BCUT2D eigenvalue weighted by Crippen LogP contribution is -1.92. The number of cyclic esters (lactones) is 1. The molecule has 88 valence electrons. The fourth-order valence-corrected chi connectivity index (χ4v) is 1.94. The van der Waals surface area contributed by atoms with E-state index in [-0.39, 0.29) is 11.8 Å². The summed E-state index contributed by atoms with van der Waals surface area (Å²) in [6.45, 7) is 0. The molecule has 3 rings (SSSR count). The van der Waals surface area contributed by atoms with Crippen LogP contribution in [0.25, 0.3) is 11.8 Å². The second-order valence-corrected chi connectivity index (χ2v) is 4.00. The zero-order valence-electron chi connectivity index (χ0n) is 9.39. The normalized spacial score (nSPS) is 15.6. The average Bonchev–Trinajstić information content (AvgIpc) is 2.67. The third-order valence-electron chi connectivity index (χ3n) is 2.76. The van der Waals surface area contributed by atoms with Crippen molar-refractivity contribution in [3.8, 4) is 0 Å². The van der Waals surface area contributed by atoms with Crippen molar-refractivity contribution >= 4 is 17.8 Å². The van der Waals surface area contributed by atoms with Crippen LogP contribution in [-0.2, 0) is 4.74 Å². The van der Waals surface area contributed by atoms with Crippen molar-refractivity contribution in [2.45, 2.75) is 0 Å². The molecule has 0 bridgehead atoms. The van der Waals surface area contributed by atoms with Gasteiger partial charge in [0.15, 0.2) is 0 Å². The molecule has 0 saturated heterocycles. The summed E-state index contributed by atoms with van der Waals surface area (Å²) in [6.07, 6.45) is 1.66. The first kappa shape index (κ1) is 10.7. The van der Waals surface area contributed by atoms with Crippen LogP contribution in [0.15, 0.2) is 48.5 Å². The summed E-state index contributed by atoms with van der Waals surface area (Å²) in [6, 6.07) is 13.3. The van der Waals surface area contributed by atoms with Gasteiger partial charge in [-0.3, -0.25) is 0 Å². The Morgan fingerprint density at radius 2 is 1.78 bits per heavy atom. The third kappa shape index (κ3) is 1.80. The molecule has 0 radical (unpaired) electrons. The van der Waals surface area contributed by atoms with Crippen molar-refractivity contribution in [3.63, 3.8) is 0 Å². The molecule has 0 unspecified atom stereocenters. The van der Waals surface area contributed by atoms with E-state index in [4.69, 9.17) is 4.74 Å². The zero-order valence-corrected chi connectivity index (χ0v) is 9.39. The standard InChI is InChI=1S/C15H9FO2/c16-11-5-3-4-10(8-11)9-14-12-6-1-2-7-13(12)15(17)18-14/h1-9H/b14-9-. The molecule has 0 aliphatic carbocycles. The van der Waals surface area contributed by atoms with Crippen molar-refractivity contribution in [2.24, 2.45) is 0 Å². The number of carbonyl (C=O) groups is 1. The second kappa shape index (κ2) is 4.11. The lowest BCUT2D eigenvalue weighted by atomic mass is 10.1. The van der Waals surface area contributed by atoms with Crippen LogP contribution in [0, 0.1) is 5.82 Å². The molecule has 18 heavy (non-hydrogen) atoms. The van der Waals surface area contributed by atoms with E-state index in [0.29, 0.717) is 16.9 Å². The molecule has 0 N–H and O–H groups in total. The van der Waals surface area contributed by atoms with Gasteiger partial charge < -0.3 is 4.74 Å². The Labute approximate surface area is 103 Å². The summed E-state index contributed by atoms with van der Waals surface area (Å²) in [5.41, 5.74) is 1.95. The number of hydrogen-bond acceptors (Lipinski definition) is 2. The Balaban J connectivity index is 2.07. The Kier molecular flexibility index (Phi) is 2.45. The molecule has 0 atom stereocenters. The van der Waals surface area contributed by atoms with Crippen LogP contribution in [0.2, 0.25) is 0 Å². The predicted octanol–water partition coefficient (Wildman–Crippen LogP) is 3.49. The number of halogens is 1. The van der Waals surface area contributed by atoms with Gasteiger partial charge in [-0.1, -0.05) is 30.3 Å². The van der Waals surface area contributed by atoms with Crippen LogP contribution in [0.5, 0.6) is 0 Å². The predicted molar refractivity (Wildman–Crippen MR) is 66.1 cm³/mol. The first-order valence-electron chi connectivity index (χ1n) is 5.53. The van der Waals surface area contributed by atoms with Gasteiger partial charge in [0, 0.05) is 5.56 Å². The summed E-state index contributed by atoms with van der Waals surface area (Å²) >= 11 is 0. The molecule has 0 spiro atoms. The Morgan fingerprint density at radius 1 is 1.00 bits per heavy atom. The molecular weight excluding hydrogens is 231 g/mol. The number of esters is 1. The number of hydrogen-bond donors (Lipinski definition) is 0. The fourth-order valence-electron chi connectivity index (χ4n) is 1.94. The number of benzene rings is 2. The van der Waals surface area contributed by atoms with Crippen molar-refractivity contribution in [1.29, 1.82) is 0 Å². The van der Waals surface area contributed by atoms with Gasteiger partial charge in [0.25, 0.3) is 0 Å². The van der Waals surface area contributed by atoms with Gasteiger partial charge >= 0.3 is 5.97 Å². The van der Waals surface area contributed by atoms with E-state index in [0.717, 1.165) is 5.56 Å². The molecule has 2 nitrogen and oxygen atoms in total. The van der Waals surface area contributed by atoms with E-state index in [2.05, 4.69) is 0 Å². The van der Waals surface area contributed by atoms with E-state index >= 15 is 0 Å². The number of fused-ring (bicyclic) bond motifs is 1. The highest BCUT2D eigenvalue weighted by Crippen LogP contribution is 2.30. The van der Waals surface area contributed by atoms with Gasteiger partial charge in [0.05, 0.1) is 5.56 Å². The van der Waals surface area contributed by atoms with E-state index in [1.807, 2.05) is 12.1 Å². The van der Waals surface area contributed by atoms with Gasteiger partial charge in [-0.2, -0.15) is 0 Å². The lowest BCUT2D eigenvalue weighted by molar-refractivity contribution is 0.0717. The Morgan fingerprint density at radius 3 is 2.56 bits per heavy atom. The van der Waals surface area contributed by atoms with Gasteiger partial charge in [0.2, 0.25) is 0 Å². The zero-order chi connectivity index (χ0) is 12.5. The molecule has 0 aromatic heterocycles. The highest BCUT2D eigenvalue weighted by Gasteiger charge is 2.25.